The number of nitrogens with two attached hydrogens (primary N) is 1. The fourth-order valence-electron chi connectivity index (χ4n) is 2.20. The molecule has 24 heavy (non-hydrogen) atoms. The lowest BCUT2D eigenvalue weighted by atomic mass is 10.1. The van der Waals surface area contributed by atoms with Crippen LogP contribution in [-0.4, -0.2) is 37.7 Å². The number of benzene rings is 1. The Morgan fingerprint density at radius 2 is 1.58 bits per heavy atom. The lowest BCUT2D eigenvalue weighted by Gasteiger charge is -2.29. The van der Waals surface area contributed by atoms with E-state index in [0.29, 0.717) is 0 Å². The molecule has 0 saturated carbocycles. The van der Waals surface area contributed by atoms with Gasteiger partial charge in [-0.15, -0.1) is 0 Å². The summed E-state index contributed by atoms with van der Waals surface area (Å²) >= 11 is 1.71. The molecule has 2 N–H and O–H groups in total. The Hall–Kier alpha value is -0.870. The van der Waals surface area contributed by atoms with E-state index >= 15 is 0 Å². The van der Waals surface area contributed by atoms with Crippen molar-refractivity contribution in [1.29, 1.82) is 0 Å². The van der Waals surface area contributed by atoms with Gasteiger partial charge in [0.1, 0.15) is 0 Å². The van der Waals surface area contributed by atoms with E-state index in [1.54, 1.807) is 11.9 Å². The zero-order valence-corrected chi connectivity index (χ0v) is 17.5. The average molecular weight is 354 g/mol. The van der Waals surface area contributed by atoms with Gasteiger partial charge >= 0.3 is 0 Å². The lowest BCUT2D eigenvalue weighted by molar-refractivity contribution is 0.544. The topological polar surface area (TPSA) is 32.5 Å². The molecule has 1 heterocycles. The molecule has 0 aromatic heterocycles. The zero-order chi connectivity index (χ0) is 18.4. The molecule has 0 aliphatic carbocycles. The Kier molecular flexibility index (Phi) is 13.9. The third kappa shape index (κ3) is 10.8. The van der Waals surface area contributed by atoms with Crippen LogP contribution in [-0.2, 0) is 0 Å². The molecule has 1 aliphatic rings. The van der Waals surface area contributed by atoms with Crippen molar-refractivity contribution in [3.63, 3.8) is 0 Å². The number of nitrogens with zero attached hydrogens (tertiary/aromatic N) is 2. The summed E-state index contributed by atoms with van der Waals surface area (Å²) in [5.74, 6) is 0.935. The van der Waals surface area contributed by atoms with Crippen LogP contribution in [0.15, 0.2) is 24.3 Å². The average Bonchev–Trinajstić information content (AvgIpc) is 2.63. The number of rotatable bonds is 4. The van der Waals surface area contributed by atoms with Crippen molar-refractivity contribution in [2.24, 2.45) is 5.92 Å². The monoisotopic (exact) mass is 353 g/mol. The van der Waals surface area contributed by atoms with E-state index in [1.807, 2.05) is 36.8 Å². The number of hydrogen-bond donors (Lipinski definition) is 1. The highest BCUT2D eigenvalue weighted by atomic mass is 32.2. The molecule has 2 rings (SSSR count). The minimum atomic E-state index is 0.907. The third-order valence-electron chi connectivity index (χ3n) is 4.39. The first-order valence-corrected chi connectivity index (χ1v) is 10.4. The highest BCUT2D eigenvalue weighted by molar-refractivity contribution is 7.96. The van der Waals surface area contributed by atoms with Crippen molar-refractivity contribution in [1.82, 2.24) is 4.31 Å². The van der Waals surface area contributed by atoms with Crippen LogP contribution >= 0.6 is 11.9 Å². The Bertz CT molecular complexity index is 400. The van der Waals surface area contributed by atoms with Crippen LogP contribution in [0.3, 0.4) is 0 Å². The first kappa shape index (κ1) is 23.1. The Labute approximate surface area is 155 Å². The van der Waals surface area contributed by atoms with Gasteiger partial charge in [0.2, 0.25) is 0 Å². The van der Waals surface area contributed by atoms with E-state index < -0.39 is 0 Å². The van der Waals surface area contributed by atoms with Gasteiger partial charge in [0.05, 0.1) is 11.4 Å². The summed E-state index contributed by atoms with van der Waals surface area (Å²) in [5, 5.41) is 0. The molecular formula is C20H39N3S. The van der Waals surface area contributed by atoms with E-state index in [1.165, 1.54) is 37.8 Å². The maximum Gasteiger partial charge on any atom is 0.0599 e. The summed E-state index contributed by atoms with van der Waals surface area (Å²) < 4.78 is 2.04. The first-order valence-electron chi connectivity index (χ1n) is 9.27. The van der Waals surface area contributed by atoms with Crippen molar-refractivity contribution < 1.29 is 0 Å². The minimum Gasteiger partial charge on any atom is -0.397 e. The van der Waals surface area contributed by atoms with Crippen LogP contribution in [0.5, 0.6) is 0 Å². The largest absolute Gasteiger partial charge is 0.397 e. The molecule has 0 atom stereocenters. The van der Waals surface area contributed by atoms with E-state index in [4.69, 9.17) is 5.73 Å². The molecule has 140 valence electrons. The molecule has 4 heteroatoms. The molecule has 1 saturated heterocycles. The van der Waals surface area contributed by atoms with E-state index in [2.05, 4.69) is 37.8 Å². The summed E-state index contributed by atoms with van der Waals surface area (Å²) in [6.07, 6.45) is 8.67. The first-order chi connectivity index (χ1) is 11.5. The second-order valence-electron chi connectivity index (χ2n) is 6.52. The van der Waals surface area contributed by atoms with Gasteiger partial charge in [0.25, 0.3) is 0 Å². The molecule has 3 nitrogen and oxygen atoms in total. The number of hydrogen-bond acceptors (Lipinski definition) is 4. The van der Waals surface area contributed by atoms with Crippen molar-refractivity contribution in [3.05, 3.63) is 24.3 Å². The summed E-state index contributed by atoms with van der Waals surface area (Å²) in [6.45, 7) is 9.06. The van der Waals surface area contributed by atoms with Crippen LogP contribution in [0.4, 0.5) is 11.4 Å². The summed E-state index contributed by atoms with van der Waals surface area (Å²) in [4.78, 5) is 2.39. The molecule has 0 amide bonds. The highest BCUT2D eigenvalue weighted by Gasteiger charge is 2.12. The molecule has 0 unspecified atom stereocenters. The fraction of sp³-hybridized carbons (Fsp3) is 0.700. The van der Waals surface area contributed by atoms with Crippen molar-refractivity contribution in [3.8, 4) is 0 Å². The Morgan fingerprint density at radius 1 is 1.08 bits per heavy atom. The normalized spacial score (nSPS) is 13.9. The van der Waals surface area contributed by atoms with E-state index in [0.717, 1.165) is 24.7 Å². The number of para-hydroxylation sites is 2. The van der Waals surface area contributed by atoms with Gasteiger partial charge in [-0.1, -0.05) is 57.7 Å². The molecule has 1 aromatic rings. The quantitative estimate of drug-likeness (QED) is 0.570. The molecule has 1 aliphatic heterocycles. The van der Waals surface area contributed by atoms with Crippen LogP contribution in [0.1, 0.15) is 52.9 Å². The predicted molar refractivity (Wildman–Crippen MR) is 114 cm³/mol. The van der Waals surface area contributed by atoms with Crippen molar-refractivity contribution >= 4 is 23.3 Å². The highest BCUT2D eigenvalue weighted by Crippen LogP contribution is 2.25. The van der Waals surface area contributed by atoms with Crippen molar-refractivity contribution in [2.75, 3.05) is 44.1 Å². The van der Waals surface area contributed by atoms with Gasteiger partial charge < -0.3 is 10.6 Å². The van der Waals surface area contributed by atoms with Gasteiger partial charge in [0.15, 0.2) is 0 Å². The van der Waals surface area contributed by atoms with Gasteiger partial charge in [-0.05, 0) is 57.7 Å². The third-order valence-corrected chi connectivity index (χ3v) is 5.12. The minimum absolute atomic E-state index is 0.907. The van der Waals surface area contributed by atoms with Crippen LogP contribution in [0, 0.1) is 5.92 Å². The van der Waals surface area contributed by atoms with Gasteiger partial charge in [0, 0.05) is 13.1 Å². The Morgan fingerprint density at radius 3 is 1.96 bits per heavy atom. The standard InChI is InChI=1S/C11H16N2.C6H14.C3H9NS/c12-10-6-2-3-7-11(10)13-8-4-1-5-9-13;1-4-6(3)5-2;1-4(2)5-3/h2-3,6-7H,1,4-5,8-9,12H2;6H,4-5H2,1-3H3;1-3H3. The Balaban J connectivity index is 0.000000405. The second-order valence-corrected chi connectivity index (χ2v) is 7.62. The summed E-state index contributed by atoms with van der Waals surface area (Å²) in [5.41, 5.74) is 8.03. The lowest BCUT2D eigenvalue weighted by Crippen LogP contribution is -2.29. The molecule has 1 fully saturated rings. The van der Waals surface area contributed by atoms with E-state index in [-0.39, 0.29) is 0 Å². The smallest absolute Gasteiger partial charge is 0.0599 e. The second kappa shape index (κ2) is 14.5. The number of anilines is 2. The molecule has 0 bridgehead atoms. The van der Waals surface area contributed by atoms with Crippen LogP contribution in [0.25, 0.3) is 0 Å². The summed E-state index contributed by atoms with van der Waals surface area (Å²) in [6, 6.07) is 8.13. The molecular weight excluding hydrogens is 314 g/mol. The maximum absolute atomic E-state index is 5.91. The zero-order valence-electron chi connectivity index (χ0n) is 16.7. The maximum atomic E-state index is 5.91. The molecule has 0 spiro atoms. The summed E-state index contributed by atoms with van der Waals surface area (Å²) in [7, 11) is 4.04. The SMILES string of the molecule is CCC(C)CC.CSN(C)C.Nc1ccccc1N1CCCCC1. The fourth-order valence-corrected chi connectivity index (χ4v) is 2.20. The van der Waals surface area contributed by atoms with Gasteiger partial charge in [-0.2, -0.15) is 0 Å². The molecule has 1 aromatic carbocycles. The van der Waals surface area contributed by atoms with E-state index in [9.17, 15) is 0 Å². The molecule has 0 radical (unpaired) electrons. The predicted octanol–water partition coefficient (Wildman–Crippen LogP) is 5.53. The van der Waals surface area contributed by atoms with Crippen LogP contribution < -0.4 is 10.6 Å². The van der Waals surface area contributed by atoms with Gasteiger partial charge in [-0.25, -0.2) is 0 Å². The van der Waals surface area contributed by atoms with Gasteiger partial charge in [-0.3, -0.25) is 4.31 Å². The number of nitrogen functional groups attached to an aromatic ring is 1. The van der Waals surface area contributed by atoms with Crippen molar-refractivity contribution in [2.45, 2.75) is 52.9 Å². The van der Waals surface area contributed by atoms with Crippen LogP contribution in [0.2, 0.25) is 0 Å². The number of piperidine rings is 1.